The Morgan fingerprint density at radius 3 is 2.57 bits per heavy atom. The molecule has 0 unspecified atom stereocenters. The molecular weight excluding hydrogens is 314 g/mol. The lowest BCUT2D eigenvalue weighted by Gasteiger charge is -2.10. The van der Waals surface area contributed by atoms with E-state index in [-0.39, 0.29) is 5.28 Å². The first kappa shape index (κ1) is 15.4. The van der Waals surface area contributed by atoms with Gasteiger partial charge in [0, 0.05) is 18.0 Å². The molecule has 5 nitrogen and oxygen atoms in total. The lowest BCUT2D eigenvalue weighted by Crippen LogP contribution is -2.03. The number of hydrogen-bond acceptors (Lipinski definition) is 5. The normalized spacial score (nSPS) is 10.6. The molecule has 2 aromatic carbocycles. The first-order valence-corrected chi connectivity index (χ1v) is 7.45. The topological polar surface area (TPSA) is 56.3 Å². The predicted octanol–water partition coefficient (Wildman–Crippen LogP) is 3.91. The molecule has 0 aliphatic heterocycles. The Bertz CT molecular complexity index is 839. The summed E-state index contributed by atoms with van der Waals surface area (Å²) >= 11 is 6.03. The van der Waals surface area contributed by atoms with Crippen molar-refractivity contribution in [3.8, 4) is 11.5 Å². The van der Waals surface area contributed by atoms with Gasteiger partial charge in [0.25, 0.3) is 0 Å². The summed E-state index contributed by atoms with van der Waals surface area (Å²) in [6.07, 6.45) is 0. The van der Waals surface area contributed by atoms with Crippen LogP contribution in [0.5, 0.6) is 11.5 Å². The Morgan fingerprint density at radius 1 is 1.00 bits per heavy atom. The third kappa shape index (κ3) is 3.46. The second kappa shape index (κ2) is 6.71. The van der Waals surface area contributed by atoms with Gasteiger partial charge >= 0.3 is 0 Å². The van der Waals surface area contributed by atoms with Crippen LogP contribution in [-0.4, -0.2) is 24.2 Å². The largest absolute Gasteiger partial charge is 0.497 e. The first-order chi connectivity index (χ1) is 11.2. The van der Waals surface area contributed by atoms with E-state index in [1.165, 1.54) is 0 Å². The molecular formula is C17H16ClN3O2. The van der Waals surface area contributed by atoms with Crippen LogP contribution in [0, 0.1) is 0 Å². The molecule has 1 heterocycles. The molecule has 1 aromatic heterocycles. The molecule has 0 atom stereocenters. The van der Waals surface area contributed by atoms with E-state index in [2.05, 4.69) is 15.3 Å². The molecule has 0 spiro atoms. The van der Waals surface area contributed by atoms with E-state index in [0.717, 1.165) is 28.0 Å². The summed E-state index contributed by atoms with van der Waals surface area (Å²) in [5.74, 6) is 2.23. The minimum absolute atomic E-state index is 0.193. The van der Waals surface area contributed by atoms with E-state index in [0.29, 0.717) is 12.4 Å². The van der Waals surface area contributed by atoms with E-state index in [9.17, 15) is 0 Å². The Morgan fingerprint density at radius 2 is 1.78 bits per heavy atom. The number of halogens is 1. The standard InChI is InChI=1S/C17H16ClN3O2/c1-22-12-5-3-4-11(8-12)10-19-16-14-7-6-13(23-2)9-15(14)20-17(18)21-16/h3-9H,10H2,1-2H3,(H,19,20,21). The zero-order chi connectivity index (χ0) is 16.2. The van der Waals surface area contributed by atoms with Crippen molar-refractivity contribution in [3.63, 3.8) is 0 Å². The van der Waals surface area contributed by atoms with Crippen molar-refractivity contribution in [2.75, 3.05) is 19.5 Å². The van der Waals surface area contributed by atoms with Crippen LogP contribution in [0.4, 0.5) is 5.82 Å². The van der Waals surface area contributed by atoms with Crippen molar-refractivity contribution in [2.24, 2.45) is 0 Å². The van der Waals surface area contributed by atoms with Gasteiger partial charge in [-0.2, -0.15) is 0 Å². The summed E-state index contributed by atoms with van der Waals surface area (Å²) in [6.45, 7) is 0.603. The van der Waals surface area contributed by atoms with Gasteiger partial charge in [0.1, 0.15) is 17.3 Å². The van der Waals surface area contributed by atoms with Crippen molar-refractivity contribution in [3.05, 3.63) is 53.3 Å². The highest BCUT2D eigenvalue weighted by atomic mass is 35.5. The SMILES string of the molecule is COc1cccc(CNc2nc(Cl)nc3cc(OC)ccc23)c1. The predicted molar refractivity (Wildman–Crippen MR) is 91.4 cm³/mol. The lowest BCUT2D eigenvalue weighted by atomic mass is 10.2. The summed E-state index contributed by atoms with van der Waals surface area (Å²) in [5.41, 5.74) is 1.82. The number of anilines is 1. The van der Waals surface area contributed by atoms with E-state index >= 15 is 0 Å². The number of fused-ring (bicyclic) bond motifs is 1. The summed E-state index contributed by atoms with van der Waals surface area (Å²) in [6, 6.07) is 13.5. The van der Waals surface area contributed by atoms with Crippen molar-refractivity contribution in [1.82, 2.24) is 9.97 Å². The van der Waals surface area contributed by atoms with E-state index < -0.39 is 0 Å². The first-order valence-electron chi connectivity index (χ1n) is 7.07. The van der Waals surface area contributed by atoms with E-state index in [1.54, 1.807) is 14.2 Å². The maximum absolute atomic E-state index is 6.03. The Labute approximate surface area is 139 Å². The van der Waals surface area contributed by atoms with Crippen molar-refractivity contribution in [2.45, 2.75) is 6.54 Å². The number of nitrogens with zero attached hydrogens (tertiary/aromatic N) is 2. The molecule has 0 aliphatic carbocycles. The fourth-order valence-corrected chi connectivity index (χ4v) is 2.49. The minimum Gasteiger partial charge on any atom is -0.497 e. The Hall–Kier alpha value is -2.53. The summed E-state index contributed by atoms with van der Waals surface area (Å²) < 4.78 is 10.5. The molecule has 0 bridgehead atoms. The number of rotatable bonds is 5. The molecule has 23 heavy (non-hydrogen) atoms. The van der Waals surface area contributed by atoms with Gasteiger partial charge in [-0.3, -0.25) is 0 Å². The van der Waals surface area contributed by atoms with E-state index in [4.69, 9.17) is 21.1 Å². The Kier molecular flexibility index (Phi) is 4.48. The average molecular weight is 330 g/mol. The maximum atomic E-state index is 6.03. The molecule has 118 valence electrons. The van der Waals surface area contributed by atoms with Crippen molar-refractivity contribution >= 4 is 28.3 Å². The van der Waals surface area contributed by atoms with Gasteiger partial charge < -0.3 is 14.8 Å². The second-order valence-electron chi connectivity index (χ2n) is 4.93. The summed E-state index contributed by atoms with van der Waals surface area (Å²) in [5, 5.41) is 4.38. The van der Waals surface area contributed by atoms with Crippen molar-refractivity contribution < 1.29 is 9.47 Å². The van der Waals surface area contributed by atoms with Gasteiger partial charge in [-0.25, -0.2) is 9.97 Å². The second-order valence-corrected chi connectivity index (χ2v) is 5.27. The number of methoxy groups -OCH3 is 2. The molecule has 6 heteroatoms. The van der Waals surface area contributed by atoms with Gasteiger partial charge in [0.2, 0.25) is 5.28 Å². The lowest BCUT2D eigenvalue weighted by molar-refractivity contribution is 0.414. The van der Waals surface area contributed by atoms with Crippen LogP contribution >= 0.6 is 11.6 Å². The molecule has 0 radical (unpaired) electrons. The smallest absolute Gasteiger partial charge is 0.224 e. The monoisotopic (exact) mass is 329 g/mol. The van der Waals surface area contributed by atoms with Crippen LogP contribution in [0.1, 0.15) is 5.56 Å². The number of nitrogens with one attached hydrogen (secondary N) is 1. The fraction of sp³-hybridized carbons (Fsp3) is 0.176. The zero-order valence-corrected chi connectivity index (χ0v) is 13.6. The number of ether oxygens (including phenoxy) is 2. The number of hydrogen-bond donors (Lipinski definition) is 1. The average Bonchev–Trinajstić information content (AvgIpc) is 2.59. The molecule has 0 saturated heterocycles. The highest BCUT2D eigenvalue weighted by Crippen LogP contribution is 2.26. The van der Waals surface area contributed by atoms with Gasteiger partial charge in [-0.1, -0.05) is 12.1 Å². The quantitative estimate of drug-likeness (QED) is 0.719. The Balaban J connectivity index is 1.89. The molecule has 0 fully saturated rings. The van der Waals surface area contributed by atoms with Crippen LogP contribution in [-0.2, 0) is 6.54 Å². The highest BCUT2D eigenvalue weighted by Gasteiger charge is 2.08. The zero-order valence-electron chi connectivity index (χ0n) is 12.8. The molecule has 1 N–H and O–H groups in total. The van der Waals surface area contributed by atoms with Gasteiger partial charge in [0.15, 0.2) is 0 Å². The molecule has 3 rings (SSSR count). The number of benzene rings is 2. The third-order valence-electron chi connectivity index (χ3n) is 3.47. The minimum atomic E-state index is 0.193. The van der Waals surface area contributed by atoms with Gasteiger partial charge in [-0.05, 0) is 41.4 Å². The third-order valence-corrected chi connectivity index (χ3v) is 3.64. The molecule has 0 saturated carbocycles. The molecule has 0 aliphatic rings. The van der Waals surface area contributed by atoms with Crippen LogP contribution in [0.3, 0.4) is 0 Å². The number of aromatic nitrogens is 2. The molecule has 0 amide bonds. The fourth-order valence-electron chi connectivity index (χ4n) is 2.31. The van der Waals surface area contributed by atoms with Crippen LogP contribution < -0.4 is 14.8 Å². The van der Waals surface area contributed by atoms with Gasteiger partial charge in [-0.15, -0.1) is 0 Å². The van der Waals surface area contributed by atoms with Crippen LogP contribution in [0.25, 0.3) is 10.9 Å². The van der Waals surface area contributed by atoms with Crippen molar-refractivity contribution in [1.29, 1.82) is 0 Å². The van der Waals surface area contributed by atoms with Crippen LogP contribution in [0.15, 0.2) is 42.5 Å². The summed E-state index contributed by atoms with van der Waals surface area (Å²) in [4.78, 5) is 8.53. The summed E-state index contributed by atoms with van der Waals surface area (Å²) in [7, 11) is 3.27. The van der Waals surface area contributed by atoms with Gasteiger partial charge in [0.05, 0.1) is 19.7 Å². The van der Waals surface area contributed by atoms with Crippen LogP contribution in [0.2, 0.25) is 5.28 Å². The van der Waals surface area contributed by atoms with E-state index in [1.807, 2.05) is 42.5 Å². The molecule has 3 aromatic rings. The maximum Gasteiger partial charge on any atom is 0.224 e. The highest BCUT2D eigenvalue weighted by molar-refractivity contribution is 6.28.